The van der Waals surface area contributed by atoms with Crippen molar-refractivity contribution in [1.82, 2.24) is 0 Å². The molecule has 0 saturated carbocycles. The van der Waals surface area contributed by atoms with Crippen molar-refractivity contribution in [2.45, 2.75) is 25.6 Å². The summed E-state index contributed by atoms with van der Waals surface area (Å²) in [7, 11) is 0. The van der Waals surface area contributed by atoms with E-state index in [2.05, 4.69) is 0 Å². The lowest BCUT2D eigenvalue weighted by molar-refractivity contribution is -0.109. The van der Waals surface area contributed by atoms with Gasteiger partial charge in [-0.3, -0.25) is 4.79 Å². The van der Waals surface area contributed by atoms with Crippen LogP contribution < -0.4 is 5.73 Å². The van der Waals surface area contributed by atoms with Crippen LogP contribution >= 0.6 is 11.8 Å². The predicted octanol–water partition coefficient (Wildman–Crippen LogP) is 1.20. The lowest BCUT2D eigenvalue weighted by atomic mass is 9.97. The average Bonchev–Trinajstić information content (AvgIpc) is 2.37. The van der Waals surface area contributed by atoms with Crippen molar-refractivity contribution in [3.8, 4) is 6.07 Å². The van der Waals surface area contributed by atoms with Crippen LogP contribution in [-0.2, 0) is 4.79 Å². The maximum absolute atomic E-state index is 10.8. The van der Waals surface area contributed by atoms with Gasteiger partial charge >= 0.3 is 0 Å². The fourth-order valence-electron chi connectivity index (χ4n) is 1.65. The number of anilines is 1. The van der Waals surface area contributed by atoms with E-state index in [0.29, 0.717) is 11.3 Å². The van der Waals surface area contributed by atoms with Gasteiger partial charge in [0, 0.05) is 23.9 Å². The standard InChI is InChI=1S/C13H16N2O3S/c1-8(16)19-6-5-12(17)13(18)9-3-2-4-11(15)10(9)7-14/h2-4,12-13,17-18H,5-6,15H2,1H3. The summed E-state index contributed by atoms with van der Waals surface area (Å²) in [6.45, 7) is 1.44. The van der Waals surface area contributed by atoms with Crippen LogP contribution in [0.2, 0.25) is 0 Å². The molecule has 1 rings (SSSR count). The molecule has 0 saturated heterocycles. The maximum Gasteiger partial charge on any atom is 0.185 e. The highest BCUT2D eigenvalue weighted by Gasteiger charge is 2.22. The van der Waals surface area contributed by atoms with Gasteiger partial charge < -0.3 is 15.9 Å². The van der Waals surface area contributed by atoms with E-state index in [1.165, 1.54) is 6.92 Å². The Bertz CT molecular complexity index is 499. The number of rotatable bonds is 5. The van der Waals surface area contributed by atoms with Gasteiger partial charge in [-0.2, -0.15) is 5.26 Å². The van der Waals surface area contributed by atoms with Gasteiger partial charge in [-0.05, 0) is 12.5 Å². The van der Waals surface area contributed by atoms with E-state index in [-0.39, 0.29) is 22.8 Å². The zero-order valence-electron chi connectivity index (χ0n) is 10.5. The quantitative estimate of drug-likeness (QED) is 0.700. The maximum atomic E-state index is 10.8. The first-order valence-corrected chi connectivity index (χ1v) is 6.74. The van der Waals surface area contributed by atoms with E-state index in [4.69, 9.17) is 11.0 Å². The van der Waals surface area contributed by atoms with Crippen LogP contribution in [-0.4, -0.2) is 27.2 Å². The summed E-state index contributed by atoms with van der Waals surface area (Å²) in [5.74, 6) is 0.414. The van der Waals surface area contributed by atoms with E-state index in [9.17, 15) is 15.0 Å². The summed E-state index contributed by atoms with van der Waals surface area (Å²) in [5, 5.41) is 28.9. The van der Waals surface area contributed by atoms with Gasteiger partial charge in [-0.15, -0.1) is 0 Å². The first-order valence-electron chi connectivity index (χ1n) is 5.75. The van der Waals surface area contributed by atoms with Crippen LogP contribution in [0.3, 0.4) is 0 Å². The second-order valence-corrected chi connectivity index (χ2v) is 5.34. The number of benzene rings is 1. The number of carbonyl (C=O) groups is 1. The highest BCUT2D eigenvalue weighted by atomic mass is 32.2. The summed E-state index contributed by atoms with van der Waals surface area (Å²) in [6.07, 6.45) is -1.98. The summed E-state index contributed by atoms with van der Waals surface area (Å²) in [5.41, 5.74) is 6.40. The molecule has 0 fully saturated rings. The molecule has 6 heteroatoms. The largest absolute Gasteiger partial charge is 0.398 e. The van der Waals surface area contributed by atoms with Gasteiger partial charge in [0.1, 0.15) is 12.2 Å². The second-order valence-electron chi connectivity index (χ2n) is 4.06. The fraction of sp³-hybridized carbons (Fsp3) is 0.385. The van der Waals surface area contributed by atoms with Gasteiger partial charge in [0.25, 0.3) is 0 Å². The summed E-state index contributed by atoms with van der Waals surface area (Å²) < 4.78 is 0. The molecule has 0 radical (unpaired) electrons. The van der Waals surface area contributed by atoms with E-state index in [1.807, 2.05) is 6.07 Å². The van der Waals surface area contributed by atoms with Crippen LogP contribution in [0.5, 0.6) is 0 Å². The molecule has 1 aromatic rings. The molecule has 1 aromatic carbocycles. The highest BCUT2D eigenvalue weighted by molar-refractivity contribution is 8.13. The lowest BCUT2D eigenvalue weighted by Crippen LogP contribution is -2.20. The molecule has 19 heavy (non-hydrogen) atoms. The number of nitriles is 1. The number of aliphatic hydroxyl groups is 2. The zero-order chi connectivity index (χ0) is 14.4. The number of hydrogen-bond acceptors (Lipinski definition) is 6. The van der Waals surface area contributed by atoms with Crippen LogP contribution in [0, 0.1) is 11.3 Å². The van der Waals surface area contributed by atoms with Crippen molar-refractivity contribution >= 4 is 22.6 Å². The van der Waals surface area contributed by atoms with E-state index >= 15 is 0 Å². The molecule has 0 aliphatic carbocycles. The molecule has 0 aliphatic heterocycles. The van der Waals surface area contributed by atoms with Crippen molar-refractivity contribution in [3.05, 3.63) is 29.3 Å². The molecule has 0 aliphatic rings. The van der Waals surface area contributed by atoms with Crippen LogP contribution in [0.4, 0.5) is 5.69 Å². The number of nitrogens with two attached hydrogens (primary N) is 1. The first-order chi connectivity index (χ1) is 8.97. The van der Waals surface area contributed by atoms with Crippen molar-refractivity contribution in [2.24, 2.45) is 0 Å². The van der Waals surface area contributed by atoms with Crippen LogP contribution in [0.25, 0.3) is 0 Å². The monoisotopic (exact) mass is 280 g/mol. The van der Waals surface area contributed by atoms with Gasteiger partial charge in [0.05, 0.1) is 11.7 Å². The Balaban J connectivity index is 2.77. The third-order valence-electron chi connectivity index (χ3n) is 2.64. The van der Waals surface area contributed by atoms with Crippen LogP contribution in [0.1, 0.15) is 30.6 Å². The summed E-state index contributed by atoms with van der Waals surface area (Å²) in [4.78, 5) is 10.8. The van der Waals surface area contributed by atoms with E-state index in [1.54, 1.807) is 18.2 Å². The van der Waals surface area contributed by atoms with Gasteiger partial charge in [0.15, 0.2) is 5.12 Å². The molecule has 4 N–H and O–H groups in total. The van der Waals surface area contributed by atoms with Gasteiger partial charge in [-0.1, -0.05) is 23.9 Å². The third kappa shape index (κ3) is 4.24. The Morgan fingerprint density at radius 1 is 1.53 bits per heavy atom. The highest BCUT2D eigenvalue weighted by Crippen LogP contribution is 2.26. The first kappa shape index (κ1) is 15.5. The molecule has 0 heterocycles. The van der Waals surface area contributed by atoms with Crippen molar-refractivity contribution in [2.75, 3.05) is 11.5 Å². The number of nitrogens with zero attached hydrogens (tertiary/aromatic N) is 1. The van der Waals surface area contributed by atoms with Crippen molar-refractivity contribution in [1.29, 1.82) is 5.26 Å². The number of thioether (sulfide) groups is 1. The Morgan fingerprint density at radius 2 is 2.21 bits per heavy atom. The van der Waals surface area contributed by atoms with E-state index in [0.717, 1.165) is 11.8 Å². The Kier molecular flexibility index (Phi) is 5.83. The predicted molar refractivity (Wildman–Crippen MR) is 74.3 cm³/mol. The van der Waals surface area contributed by atoms with Gasteiger partial charge in [0.2, 0.25) is 0 Å². The minimum absolute atomic E-state index is 0.0386. The Hall–Kier alpha value is -1.55. The lowest BCUT2D eigenvalue weighted by Gasteiger charge is -2.19. The third-order valence-corrected chi connectivity index (χ3v) is 3.49. The molecule has 5 nitrogen and oxygen atoms in total. The molecule has 0 spiro atoms. The van der Waals surface area contributed by atoms with Crippen LogP contribution in [0.15, 0.2) is 18.2 Å². The molecule has 2 atom stereocenters. The number of carbonyl (C=O) groups excluding carboxylic acids is 1. The second kappa shape index (κ2) is 7.14. The topological polar surface area (TPSA) is 107 Å². The molecule has 102 valence electrons. The minimum Gasteiger partial charge on any atom is -0.398 e. The van der Waals surface area contributed by atoms with Crippen molar-refractivity contribution < 1.29 is 15.0 Å². The molecule has 0 amide bonds. The number of hydrogen-bond donors (Lipinski definition) is 3. The summed E-state index contributed by atoms with van der Waals surface area (Å²) >= 11 is 1.09. The molecule has 0 bridgehead atoms. The number of nitrogen functional groups attached to an aromatic ring is 1. The molecule has 2 unspecified atom stereocenters. The molecule has 0 aromatic heterocycles. The SMILES string of the molecule is CC(=O)SCCC(O)C(O)c1cccc(N)c1C#N. The average molecular weight is 280 g/mol. The Morgan fingerprint density at radius 3 is 2.79 bits per heavy atom. The number of aliphatic hydroxyl groups excluding tert-OH is 2. The normalized spacial score (nSPS) is 13.6. The van der Waals surface area contributed by atoms with Gasteiger partial charge in [-0.25, -0.2) is 0 Å². The zero-order valence-corrected chi connectivity index (χ0v) is 11.4. The Labute approximate surface area is 116 Å². The smallest absolute Gasteiger partial charge is 0.185 e. The molecular weight excluding hydrogens is 264 g/mol. The molecular formula is C13H16N2O3S. The van der Waals surface area contributed by atoms with Crippen molar-refractivity contribution in [3.63, 3.8) is 0 Å². The summed E-state index contributed by atoms with van der Waals surface area (Å²) in [6, 6.07) is 6.65. The van der Waals surface area contributed by atoms with E-state index < -0.39 is 12.2 Å². The minimum atomic E-state index is -1.19. The fourth-order valence-corrected chi connectivity index (χ4v) is 2.30.